The molecule has 0 aliphatic heterocycles. The fourth-order valence-corrected chi connectivity index (χ4v) is 2.49. The summed E-state index contributed by atoms with van der Waals surface area (Å²) < 4.78 is 0. The number of hydrogen-bond acceptors (Lipinski definition) is 4. The Kier molecular flexibility index (Phi) is 4.98. The fraction of sp³-hybridized carbons (Fsp3) is 0.214. The number of halogens is 1. The summed E-state index contributed by atoms with van der Waals surface area (Å²) in [4.78, 5) is 20.4. The molecule has 20 heavy (non-hydrogen) atoms. The zero-order valence-electron chi connectivity index (χ0n) is 11.2. The molecule has 1 heterocycles. The monoisotopic (exact) mass is 307 g/mol. The number of carbonyl (C=O) groups excluding carboxylic acids is 1. The third-order valence-electron chi connectivity index (χ3n) is 2.42. The van der Waals surface area contributed by atoms with Gasteiger partial charge in [0.15, 0.2) is 5.16 Å². The van der Waals surface area contributed by atoms with Gasteiger partial charge in [0.2, 0.25) is 5.91 Å². The summed E-state index contributed by atoms with van der Waals surface area (Å²) in [6.45, 7) is 3.82. The van der Waals surface area contributed by atoms with Gasteiger partial charge in [-0.2, -0.15) is 0 Å². The number of nitrogens with one attached hydrogen (secondary N) is 1. The lowest BCUT2D eigenvalue weighted by molar-refractivity contribution is -0.113. The molecular weight excluding hydrogens is 294 g/mol. The molecule has 0 spiro atoms. The van der Waals surface area contributed by atoms with Crippen molar-refractivity contribution in [2.75, 3.05) is 11.1 Å². The standard InChI is InChI=1S/C14H14ClN3OS/c1-9-7-10(2)17-14(16-9)20-8-13(19)18-12-5-3-11(15)4-6-12/h3-7H,8H2,1-2H3,(H,18,19). The van der Waals surface area contributed by atoms with E-state index in [1.807, 2.05) is 19.9 Å². The van der Waals surface area contributed by atoms with Crippen molar-refractivity contribution in [2.45, 2.75) is 19.0 Å². The quantitative estimate of drug-likeness (QED) is 0.694. The number of amides is 1. The molecule has 1 aromatic carbocycles. The van der Waals surface area contributed by atoms with E-state index < -0.39 is 0 Å². The van der Waals surface area contributed by atoms with Gasteiger partial charge in [-0.3, -0.25) is 4.79 Å². The van der Waals surface area contributed by atoms with Crippen LogP contribution >= 0.6 is 23.4 Å². The summed E-state index contributed by atoms with van der Waals surface area (Å²) in [6.07, 6.45) is 0. The van der Waals surface area contributed by atoms with Gasteiger partial charge in [0.1, 0.15) is 0 Å². The lowest BCUT2D eigenvalue weighted by Gasteiger charge is -2.05. The third-order valence-corrected chi connectivity index (χ3v) is 3.52. The molecule has 0 bridgehead atoms. The van der Waals surface area contributed by atoms with E-state index >= 15 is 0 Å². The van der Waals surface area contributed by atoms with E-state index in [0.29, 0.717) is 10.2 Å². The normalized spacial score (nSPS) is 10.3. The number of aryl methyl sites for hydroxylation is 2. The van der Waals surface area contributed by atoms with E-state index in [1.165, 1.54) is 11.8 Å². The summed E-state index contributed by atoms with van der Waals surface area (Å²) >= 11 is 7.10. The second-order valence-corrected chi connectivity index (χ2v) is 5.66. The average molecular weight is 308 g/mol. The van der Waals surface area contributed by atoms with Crippen LogP contribution in [0.4, 0.5) is 5.69 Å². The van der Waals surface area contributed by atoms with Crippen LogP contribution in [0.25, 0.3) is 0 Å². The maximum Gasteiger partial charge on any atom is 0.234 e. The Balaban J connectivity index is 1.90. The maximum atomic E-state index is 11.8. The van der Waals surface area contributed by atoms with Crippen molar-refractivity contribution in [1.29, 1.82) is 0 Å². The number of anilines is 1. The molecule has 0 fully saturated rings. The molecule has 0 unspecified atom stereocenters. The van der Waals surface area contributed by atoms with Gasteiger partial charge in [-0.15, -0.1) is 0 Å². The molecule has 1 aromatic heterocycles. The highest BCUT2D eigenvalue weighted by molar-refractivity contribution is 7.99. The van der Waals surface area contributed by atoms with Crippen LogP contribution < -0.4 is 5.32 Å². The third kappa shape index (κ3) is 4.51. The number of thioether (sulfide) groups is 1. The van der Waals surface area contributed by atoms with Gasteiger partial charge in [0.05, 0.1) is 5.75 Å². The first-order valence-electron chi connectivity index (χ1n) is 6.03. The topological polar surface area (TPSA) is 54.9 Å². The SMILES string of the molecule is Cc1cc(C)nc(SCC(=O)Nc2ccc(Cl)cc2)n1. The first kappa shape index (κ1) is 14.8. The van der Waals surface area contributed by atoms with Gasteiger partial charge in [-0.05, 0) is 44.2 Å². The number of hydrogen-bond donors (Lipinski definition) is 1. The molecule has 104 valence electrons. The highest BCUT2D eigenvalue weighted by atomic mass is 35.5. The fourth-order valence-electron chi connectivity index (χ4n) is 1.62. The number of carbonyl (C=O) groups is 1. The first-order valence-corrected chi connectivity index (χ1v) is 7.40. The molecular formula is C14H14ClN3OS. The second kappa shape index (κ2) is 6.72. The average Bonchev–Trinajstić information content (AvgIpc) is 2.38. The molecule has 1 amide bonds. The summed E-state index contributed by atoms with van der Waals surface area (Å²) in [5.74, 6) is 0.172. The summed E-state index contributed by atoms with van der Waals surface area (Å²) in [7, 11) is 0. The molecule has 0 aliphatic carbocycles. The predicted octanol–water partition coefficient (Wildman–Crippen LogP) is 3.48. The van der Waals surface area contributed by atoms with Gasteiger partial charge in [-0.1, -0.05) is 23.4 Å². The number of nitrogens with zero attached hydrogens (tertiary/aromatic N) is 2. The molecule has 1 N–H and O–H groups in total. The van der Waals surface area contributed by atoms with Gasteiger partial charge in [0.25, 0.3) is 0 Å². The maximum absolute atomic E-state index is 11.8. The zero-order chi connectivity index (χ0) is 14.5. The van der Waals surface area contributed by atoms with E-state index in [1.54, 1.807) is 24.3 Å². The van der Waals surface area contributed by atoms with Crippen LogP contribution in [0.1, 0.15) is 11.4 Å². The summed E-state index contributed by atoms with van der Waals surface area (Å²) in [5, 5.41) is 4.05. The first-order chi connectivity index (χ1) is 9.52. The Hall–Kier alpha value is -1.59. The van der Waals surface area contributed by atoms with Crippen LogP contribution in [-0.4, -0.2) is 21.6 Å². The van der Waals surface area contributed by atoms with E-state index in [9.17, 15) is 4.79 Å². The van der Waals surface area contributed by atoms with Crippen LogP contribution in [0.2, 0.25) is 5.02 Å². The minimum Gasteiger partial charge on any atom is -0.325 e. The van der Waals surface area contributed by atoms with Gasteiger partial charge >= 0.3 is 0 Å². The smallest absolute Gasteiger partial charge is 0.234 e. The van der Waals surface area contributed by atoms with Crippen molar-refractivity contribution in [3.8, 4) is 0 Å². The lowest BCUT2D eigenvalue weighted by atomic mass is 10.3. The second-order valence-electron chi connectivity index (χ2n) is 4.28. The summed E-state index contributed by atoms with van der Waals surface area (Å²) in [6, 6.07) is 8.89. The molecule has 0 aliphatic rings. The Labute approximate surface area is 127 Å². The van der Waals surface area contributed by atoms with Crippen LogP contribution in [0.5, 0.6) is 0 Å². The lowest BCUT2D eigenvalue weighted by Crippen LogP contribution is -2.14. The van der Waals surface area contributed by atoms with Gasteiger partial charge in [0, 0.05) is 22.1 Å². The van der Waals surface area contributed by atoms with Crippen LogP contribution in [0, 0.1) is 13.8 Å². The molecule has 0 radical (unpaired) electrons. The molecule has 0 saturated heterocycles. The Morgan fingerprint density at radius 3 is 2.40 bits per heavy atom. The number of aromatic nitrogens is 2. The van der Waals surface area contributed by atoms with Crippen LogP contribution in [0.3, 0.4) is 0 Å². The van der Waals surface area contributed by atoms with E-state index in [0.717, 1.165) is 17.1 Å². The molecule has 6 heteroatoms. The highest BCUT2D eigenvalue weighted by Gasteiger charge is 2.06. The highest BCUT2D eigenvalue weighted by Crippen LogP contribution is 2.16. The molecule has 2 aromatic rings. The minimum absolute atomic E-state index is 0.0971. The Morgan fingerprint density at radius 1 is 1.20 bits per heavy atom. The van der Waals surface area contributed by atoms with Gasteiger partial charge < -0.3 is 5.32 Å². The van der Waals surface area contributed by atoms with Crippen molar-refractivity contribution >= 4 is 35.0 Å². The Morgan fingerprint density at radius 2 is 1.80 bits per heavy atom. The number of benzene rings is 1. The largest absolute Gasteiger partial charge is 0.325 e. The van der Waals surface area contributed by atoms with Crippen molar-refractivity contribution in [2.24, 2.45) is 0 Å². The predicted molar refractivity (Wildman–Crippen MR) is 82.3 cm³/mol. The molecule has 4 nitrogen and oxygen atoms in total. The van der Waals surface area contributed by atoms with Crippen molar-refractivity contribution in [3.05, 3.63) is 46.7 Å². The van der Waals surface area contributed by atoms with E-state index in [4.69, 9.17) is 11.6 Å². The van der Waals surface area contributed by atoms with E-state index in [-0.39, 0.29) is 11.7 Å². The van der Waals surface area contributed by atoms with Gasteiger partial charge in [-0.25, -0.2) is 9.97 Å². The summed E-state index contributed by atoms with van der Waals surface area (Å²) in [5.41, 5.74) is 2.53. The zero-order valence-corrected chi connectivity index (χ0v) is 12.8. The van der Waals surface area contributed by atoms with Crippen LogP contribution in [0.15, 0.2) is 35.5 Å². The van der Waals surface area contributed by atoms with Crippen molar-refractivity contribution in [1.82, 2.24) is 9.97 Å². The molecule has 0 atom stereocenters. The van der Waals surface area contributed by atoms with Crippen molar-refractivity contribution in [3.63, 3.8) is 0 Å². The van der Waals surface area contributed by atoms with Crippen LogP contribution in [-0.2, 0) is 4.79 Å². The minimum atomic E-state index is -0.0971. The van der Waals surface area contributed by atoms with Crippen molar-refractivity contribution < 1.29 is 4.79 Å². The molecule has 0 saturated carbocycles. The number of rotatable bonds is 4. The van der Waals surface area contributed by atoms with E-state index in [2.05, 4.69) is 15.3 Å². The molecule has 2 rings (SSSR count). The Bertz CT molecular complexity index is 596.